The van der Waals surface area contributed by atoms with Gasteiger partial charge in [0.15, 0.2) is 0 Å². The minimum absolute atomic E-state index is 0.329. The third-order valence-electron chi connectivity index (χ3n) is 3.05. The fourth-order valence-corrected chi connectivity index (χ4v) is 2.17. The van der Waals surface area contributed by atoms with Crippen LogP contribution in [0.2, 0.25) is 0 Å². The maximum atomic E-state index is 12.5. The van der Waals surface area contributed by atoms with Crippen molar-refractivity contribution in [3.63, 3.8) is 0 Å². The minimum Gasteiger partial charge on any atom is -0.443 e. The first-order valence-electron chi connectivity index (χ1n) is 7.34. The standard InChI is InChI=1S/C17H24N2O2/c1-12(2)18-11-14-10-13-8-6-7-9-15(13)19(14)16(20)21-17(3,4)5/h6-10,12,18H,11H2,1-5H3. The molecule has 0 atom stereocenters. The number of fused-ring (bicyclic) bond motifs is 1. The zero-order valence-electron chi connectivity index (χ0n) is 13.4. The van der Waals surface area contributed by atoms with Crippen LogP contribution in [0.15, 0.2) is 30.3 Å². The molecule has 0 aliphatic carbocycles. The van der Waals surface area contributed by atoms with Crippen molar-refractivity contribution in [2.75, 3.05) is 0 Å². The van der Waals surface area contributed by atoms with Crippen LogP contribution in [0.4, 0.5) is 4.79 Å². The topological polar surface area (TPSA) is 43.3 Å². The summed E-state index contributed by atoms with van der Waals surface area (Å²) < 4.78 is 7.20. The van der Waals surface area contributed by atoms with Crippen molar-refractivity contribution in [3.8, 4) is 0 Å². The fourth-order valence-electron chi connectivity index (χ4n) is 2.17. The Kier molecular flexibility index (Phi) is 4.37. The lowest BCUT2D eigenvalue weighted by Gasteiger charge is -2.21. The highest BCUT2D eigenvalue weighted by Gasteiger charge is 2.21. The van der Waals surface area contributed by atoms with Crippen LogP contribution in [-0.2, 0) is 11.3 Å². The molecule has 0 saturated heterocycles. The van der Waals surface area contributed by atoms with E-state index in [1.807, 2.05) is 51.1 Å². The summed E-state index contributed by atoms with van der Waals surface area (Å²) in [5, 5.41) is 4.40. The van der Waals surface area contributed by atoms with Crippen LogP contribution < -0.4 is 5.32 Å². The zero-order valence-corrected chi connectivity index (χ0v) is 13.4. The first kappa shape index (κ1) is 15.6. The number of benzene rings is 1. The zero-order chi connectivity index (χ0) is 15.6. The van der Waals surface area contributed by atoms with Gasteiger partial charge in [0.05, 0.1) is 5.52 Å². The number of carbonyl (C=O) groups excluding carboxylic acids is 1. The van der Waals surface area contributed by atoms with Gasteiger partial charge in [0, 0.05) is 23.7 Å². The highest BCUT2D eigenvalue weighted by atomic mass is 16.6. The maximum Gasteiger partial charge on any atom is 0.419 e. The third-order valence-corrected chi connectivity index (χ3v) is 3.05. The molecular formula is C17H24N2O2. The average Bonchev–Trinajstić information content (AvgIpc) is 2.72. The molecule has 0 fully saturated rings. The lowest BCUT2D eigenvalue weighted by molar-refractivity contribution is 0.0539. The number of hydrogen-bond donors (Lipinski definition) is 1. The predicted molar refractivity (Wildman–Crippen MR) is 85.5 cm³/mol. The molecule has 0 unspecified atom stereocenters. The molecule has 2 aromatic rings. The van der Waals surface area contributed by atoms with Crippen molar-refractivity contribution in [2.45, 2.75) is 52.8 Å². The SMILES string of the molecule is CC(C)NCc1cc2ccccc2n1C(=O)OC(C)(C)C. The van der Waals surface area contributed by atoms with E-state index in [1.165, 1.54) is 0 Å². The molecule has 114 valence electrons. The second kappa shape index (κ2) is 5.90. The quantitative estimate of drug-likeness (QED) is 0.930. The summed E-state index contributed by atoms with van der Waals surface area (Å²) in [6, 6.07) is 10.3. The van der Waals surface area contributed by atoms with Gasteiger partial charge >= 0.3 is 6.09 Å². The summed E-state index contributed by atoms with van der Waals surface area (Å²) in [5.41, 5.74) is 1.29. The molecule has 0 amide bonds. The van der Waals surface area contributed by atoms with E-state index in [2.05, 4.69) is 19.2 Å². The van der Waals surface area contributed by atoms with Crippen LogP contribution in [0.3, 0.4) is 0 Å². The molecule has 4 heteroatoms. The molecular weight excluding hydrogens is 264 g/mol. The van der Waals surface area contributed by atoms with E-state index in [1.54, 1.807) is 4.57 Å². The summed E-state index contributed by atoms with van der Waals surface area (Å²) in [6.07, 6.45) is -0.329. The molecule has 0 aliphatic rings. The number of para-hydroxylation sites is 1. The molecule has 1 aromatic carbocycles. The number of aromatic nitrogens is 1. The van der Waals surface area contributed by atoms with E-state index in [-0.39, 0.29) is 6.09 Å². The Bertz CT molecular complexity index is 636. The van der Waals surface area contributed by atoms with E-state index in [9.17, 15) is 4.79 Å². The lowest BCUT2D eigenvalue weighted by Crippen LogP contribution is -2.30. The molecule has 1 aromatic heterocycles. The van der Waals surface area contributed by atoms with Gasteiger partial charge in [0.25, 0.3) is 0 Å². The van der Waals surface area contributed by atoms with Crippen molar-refractivity contribution < 1.29 is 9.53 Å². The maximum absolute atomic E-state index is 12.5. The van der Waals surface area contributed by atoms with Crippen LogP contribution in [0.25, 0.3) is 10.9 Å². The van der Waals surface area contributed by atoms with E-state index < -0.39 is 5.60 Å². The molecule has 0 bridgehead atoms. The van der Waals surface area contributed by atoms with Crippen LogP contribution in [0.5, 0.6) is 0 Å². The van der Waals surface area contributed by atoms with Crippen molar-refractivity contribution in [3.05, 3.63) is 36.0 Å². The summed E-state index contributed by atoms with van der Waals surface area (Å²) in [4.78, 5) is 12.5. The number of nitrogens with one attached hydrogen (secondary N) is 1. The van der Waals surface area contributed by atoms with E-state index >= 15 is 0 Å². The van der Waals surface area contributed by atoms with Gasteiger partial charge in [0.2, 0.25) is 0 Å². The molecule has 21 heavy (non-hydrogen) atoms. The Hall–Kier alpha value is -1.81. The third kappa shape index (κ3) is 3.85. The molecule has 0 radical (unpaired) electrons. The molecule has 0 aliphatic heterocycles. The first-order chi connectivity index (χ1) is 9.78. The fraction of sp³-hybridized carbons (Fsp3) is 0.471. The largest absolute Gasteiger partial charge is 0.443 e. The Balaban J connectivity index is 2.42. The Morgan fingerprint density at radius 2 is 1.95 bits per heavy atom. The van der Waals surface area contributed by atoms with Crippen LogP contribution in [0.1, 0.15) is 40.3 Å². The van der Waals surface area contributed by atoms with Gasteiger partial charge < -0.3 is 10.1 Å². The Morgan fingerprint density at radius 3 is 2.57 bits per heavy atom. The van der Waals surface area contributed by atoms with Crippen molar-refractivity contribution >= 4 is 17.0 Å². The summed E-state index contributed by atoms with van der Waals surface area (Å²) in [5.74, 6) is 0. The van der Waals surface area contributed by atoms with Crippen LogP contribution >= 0.6 is 0 Å². The van der Waals surface area contributed by atoms with Gasteiger partial charge in [-0.1, -0.05) is 32.0 Å². The van der Waals surface area contributed by atoms with Crippen molar-refractivity contribution in [1.29, 1.82) is 0 Å². The van der Waals surface area contributed by atoms with Gasteiger partial charge in [-0.05, 0) is 32.9 Å². The Morgan fingerprint density at radius 1 is 1.29 bits per heavy atom. The minimum atomic E-state index is -0.509. The average molecular weight is 288 g/mol. The summed E-state index contributed by atoms with van der Waals surface area (Å²) in [6.45, 7) is 10.4. The molecule has 1 N–H and O–H groups in total. The molecule has 0 spiro atoms. The van der Waals surface area contributed by atoms with Gasteiger partial charge in [0.1, 0.15) is 5.60 Å². The number of hydrogen-bond acceptors (Lipinski definition) is 3. The Labute approximate surface area is 126 Å². The van der Waals surface area contributed by atoms with Crippen LogP contribution in [0, 0.1) is 0 Å². The normalized spacial score (nSPS) is 12.1. The summed E-state index contributed by atoms with van der Waals surface area (Å²) in [7, 11) is 0. The molecule has 2 rings (SSSR count). The van der Waals surface area contributed by atoms with Gasteiger partial charge in [-0.25, -0.2) is 9.36 Å². The lowest BCUT2D eigenvalue weighted by atomic mass is 10.2. The number of carbonyl (C=O) groups is 1. The highest BCUT2D eigenvalue weighted by molar-refractivity contribution is 5.91. The van der Waals surface area contributed by atoms with E-state index in [0.29, 0.717) is 12.6 Å². The molecule has 0 saturated carbocycles. The smallest absolute Gasteiger partial charge is 0.419 e. The summed E-state index contributed by atoms with van der Waals surface area (Å²) >= 11 is 0. The van der Waals surface area contributed by atoms with Gasteiger partial charge in [-0.2, -0.15) is 0 Å². The second-order valence-corrected chi connectivity index (χ2v) is 6.55. The van der Waals surface area contributed by atoms with Gasteiger partial charge in [-0.3, -0.25) is 0 Å². The molecule has 4 nitrogen and oxygen atoms in total. The number of rotatable bonds is 3. The number of ether oxygens (including phenoxy) is 1. The van der Waals surface area contributed by atoms with E-state index in [4.69, 9.17) is 4.74 Å². The highest BCUT2D eigenvalue weighted by Crippen LogP contribution is 2.22. The second-order valence-electron chi connectivity index (χ2n) is 6.55. The first-order valence-corrected chi connectivity index (χ1v) is 7.34. The number of nitrogens with zero attached hydrogens (tertiary/aromatic N) is 1. The van der Waals surface area contributed by atoms with Crippen molar-refractivity contribution in [1.82, 2.24) is 9.88 Å². The predicted octanol–water partition coefficient (Wildman–Crippen LogP) is 3.92. The molecule has 1 heterocycles. The van der Waals surface area contributed by atoms with Gasteiger partial charge in [-0.15, -0.1) is 0 Å². The van der Waals surface area contributed by atoms with E-state index in [0.717, 1.165) is 16.6 Å². The van der Waals surface area contributed by atoms with Crippen LogP contribution in [-0.4, -0.2) is 22.3 Å². The monoisotopic (exact) mass is 288 g/mol. The van der Waals surface area contributed by atoms with Crippen molar-refractivity contribution in [2.24, 2.45) is 0 Å².